The van der Waals surface area contributed by atoms with Crippen LogP contribution in [0.3, 0.4) is 0 Å². The zero-order valence-electron chi connectivity index (χ0n) is 19.4. The van der Waals surface area contributed by atoms with Crippen LogP contribution in [0.5, 0.6) is 17.2 Å². The van der Waals surface area contributed by atoms with Crippen LogP contribution in [0.15, 0.2) is 36.4 Å². The molecule has 0 spiro atoms. The van der Waals surface area contributed by atoms with Gasteiger partial charge in [0.15, 0.2) is 11.5 Å². The van der Waals surface area contributed by atoms with E-state index < -0.39 is 0 Å². The molecule has 0 saturated carbocycles. The van der Waals surface area contributed by atoms with Gasteiger partial charge in [-0.3, -0.25) is 4.79 Å². The van der Waals surface area contributed by atoms with Crippen molar-refractivity contribution in [3.63, 3.8) is 0 Å². The van der Waals surface area contributed by atoms with Gasteiger partial charge in [0.05, 0.1) is 27.2 Å². The number of carbonyl (C=O) groups is 1. The second-order valence-electron chi connectivity index (χ2n) is 8.43. The minimum atomic E-state index is -0.109. The van der Waals surface area contributed by atoms with Crippen LogP contribution in [0.25, 0.3) is 0 Å². The lowest BCUT2D eigenvalue weighted by Gasteiger charge is -2.38. The Balaban J connectivity index is 1.48. The Morgan fingerprint density at radius 3 is 2.19 bits per heavy atom. The topological polar surface area (TPSA) is 63.3 Å². The summed E-state index contributed by atoms with van der Waals surface area (Å²) in [6, 6.07) is 12.4. The van der Waals surface area contributed by atoms with Gasteiger partial charge >= 0.3 is 0 Å². The average Bonchev–Trinajstić information content (AvgIpc) is 3.33. The Morgan fingerprint density at radius 2 is 1.59 bits per heavy atom. The van der Waals surface area contributed by atoms with Crippen molar-refractivity contribution in [2.45, 2.75) is 12.8 Å². The molecule has 0 radical (unpaired) electrons. The predicted octanol–water partition coefficient (Wildman–Crippen LogP) is 2.67. The monoisotopic (exact) mass is 439 g/mol. The van der Waals surface area contributed by atoms with E-state index in [4.69, 9.17) is 14.2 Å². The van der Waals surface area contributed by atoms with Crippen molar-refractivity contribution in [3.05, 3.63) is 47.5 Å². The van der Waals surface area contributed by atoms with Crippen LogP contribution < -0.4 is 24.4 Å². The molecule has 2 aliphatic rings. The molecule has 2 heterocycles. The molecule has 1 amide bonds. The zero-order chi connectivity index (χ0) is 22.7. The summed E-state index contributed by atoms with van der Waals surface area (Å²) in [7, 11) is 4.83. The number of piperazine rings is 1. The van der Waals surface area contributed by atoms with Gasteiger partial charge < -0.3 is 29.3 Å². The van der Waals surface area contributed by atoms with Gasteiger partial charge in [-0.25, -0.2) is 0 Å². The van der Waals surface area contributed by atoms with Crippen molar-refractivity contribution in [3.8, 4) is 17.2 Å². The normalized spacial score (nSPS) is 20.9. The third-order valence-electron chi connectivity index (χ3n) is 6.69. The van der Waals surface area contributed by atoms with Crippen LogP contribution in [0.4, 0.5) is 5.69 Å². The van der Waals surface area contributed by atoms with Gasteiger partial charge in [-0.15, -0.1) is 0 Å². The highest BCUT2D eigenvalue weighted by atomic mass is 16.5. The van der Waals surface area contributed by atoms with Crippen molar-refractivity contribution in [2.24, 2.45) is 5.92 Å². The summed E-state index contributed by atoms with van der Waals surface area (Å²) >= 11 is 0. The number of amides is 1. The van der Waals surface area contributed by atoms with E-state index in [1.54, 1.807) is 21.3 Å². The molecular formula is C25H33N3O4. The second kappa shape index (κ2) is 9.69. The van der Waals surface area contributed by atoms with Crippen LogP contribution in [-0.2, 0) is 4.79 Å². The molecule has 1 N–H and O–H groups in total. The Morgan fingerprint density at radius 1 is 0.938 bits per heavy atom. The van der Waals surface area contributed by atoms with Gasteiger partial charge in [-0.05, 0) is 36.2 Å². The first-order chi connectivity index (χ1) is 15.6. The molecule has 7 heteroatoms. The Labute approximate surface area is 190 Å². The molecule has 0 aliphatic carbocycles. The molecule has 2 unspecified atom stereocenters. The number of nitrogens with one attached hydrogen (secondary N) is 1. The molecule has 172 valence electrons. The van der Waals surface area contributed by atoms with Gasteiger partial charge in [-0.1, -0.05) is 18.2 Å². The standard InChI is InChI=1S/C25H33N3O4/c1-17-7-5-6-8-21(17)27-9-11-28(12-10-27)25(29)20-16-26-15-19(20)18-13-22(30-2)24(32-4)23(14-18)31-3/h5-8,13-14,19-20,26H,9-12,15-16H2,1-4H3. The van der Waals surface area contributed by atoms with E-state index in [-0.39, 0.29) is 17.7 Å². The number of benzene rings is 2. The molecule has 32 heavy (non-hydrogen) atoms. The van der Waals surface area contributed by atoms with Crippen molar-refractivity contribution < 1.29 is 19.0 Å². The first-order valence-electron chi connectivity index (χ1n) is 11.2. The Bertz CT molecular complexity index is 931. The first kappa shape index (κ1) is 22.3. The molecule has 7 nitrogen and oxygen atoms in total. The summed E-state index contributed by atoms with van der Waals surface area (Å²) in [4.78, 5) is 17.9. The van der Waals surface area contributed by atoms with E-state index in [0.717, 1.165) is 38.3 Å². The highest BCUT2D eigenvalue weighted by Crippen LogP contribution is 2.42. The van der Waals surface area contributed by atoms with E-state index in [0.29, 0.717) is 23.8 Å². The molecule has 2 aromatic rings. The van der Waals surface area contributed by atoms with Crippen molar-refractivity contribution >= 4 is 11.6 Å². The van der Waals surface area contributed by atoms with Gasteiger partial charge in [0.1, 0.15) is 0 Å². The third kappa shape index (κ3) is 4.21. The summed E-state index contributed by atoms with van der Waals surface area (Å²) < 4.78 is 16.5. The Kier molecular flexibility index (Phi) is 6.74. The molecule has 2 fully saturated rings. The number of nitrogens with zero attached hydrogens (tertiary/aromatic N) is 2. The lowest BCUT2D eigenvalue weighted by atomic mass is 9.87. The van der Waals surface area contributed by atoms with Gasteiger partial charge in [0.25, 0.3) is 0 Å². The quantitative estimate of drug-likeness (QED) is 0.747. The summed E-state index contributed by atoms with van der Waals surface area (Å²) in [5, 5.41) is 3.42. The number of methoxy groups -OCH3 is 3. The molecule has 2 aromatic carbocycles. The maximum Gasteiger partial charge on any atom is 0.227 e. The van der Waals surface area contributed by atoms with Crippen LogP contribution in [0.2, 0.25) is 0 Å². The second-order valence-corrected chi connectivity index (χ2v) is 8.43. The summed E-state index contributed by atoms with van der Waals surface area (Å²) in [5.41, 5.74) is 3.56. The van der Waals surface area contributed by atoms with E-state index in [9.17, 15) is 4.79 Å². The minimum Gasteiger partial charge on any atom is -0.493 e. The fraction of sp³-hybridized carbons (Fsp3) is 0.480. The molecule has 0 aromatic heterocycles. The van der Waals surface area contributed by atoms with Gasteiger partial charge in [0.2, 0.25) is 11.7 Å². The predicted molar refractivity (Wildman–Crippen MR) is 125 cm³/mol. The largest absolute Gasteiger partial charge is 0.493 e. The number of hydrogen-bond donors (Lipinski definition) is 1. The first-order valence-corrected chi connectivity index (χ1v) is 11.2. The zero-order valence-corrected chi connectivity index (χ0v) is 19.4. The van der Waals surface area contributed by atoms with E-state index >= 15 is 0 Å². The SMILES string of the molecule is COc1cc(C2CNCC2C(=O)N2CCN(c3ccccc3C)CC2)cc(OC)c1OC. The maximum absolute atomic E-state index is 13.5. The minimum absolute atomic E-state index is 0.0607. The summed E-state index contributed by atoms with van der Waals surface area (Å²) in [6.07, 6.45) is 0. The fourth-order valence-corrected chi connectivity index (χ4v) is 4.92. The number of ether oxygens (including phenoxy) is 3. The number of carbonyl (C=O) groups excluding carboxylic acids is 1. The van der Waals surface area contributed by atoms with Crippen molar-refractivity contribution in [1.29, 1.82) is 0 Å². The number of para-hydroxylation sites is 1. The van der Waals surface area contributed by atoms with Gasteiger partial charge in [0, 0.05) is 50.9 Å². The van der Waals surface area contributed by atoms with Crippen LogP contribution in [-0.4, -0.2) is 71.4 Å². The Hall–Kier alpha value is -2.93. The molecule has 2 atom stereocenters. The van der Waals surface area contributed by atoms with Gasteiger partial charge in [-0.2, -0.15) is 0 Å². The lowest BCUT2D eigenvalue weighted by Crippen LogP contribution is -2.51. The van der Waals surface area contributed by atoms with Crippen LogP contribution in [0.1, 0.15) is 17.0 Å². The number of anilines is 1. The van der Waals surface area contributed by atoms with Crippen molar-refractivity contribution in [2.75, 3.05) is 65.5 Å². The highest BCUT2D eigenvalue weighted by Gasteiger charge is 2.38. The molecule has 2 aliphatic heterocycles. The maximum atomic E-state index is 13.5. The smallest absolute Gasteiger partial charge is 0.227 e. The number of rotatable bonds is 6. The molecule has 0 bridgehead atoms. The van der Waals surface area contributed by atoms with E-state index in [1.807, 2.05) is 17.0 Å². The lowest BCUT2D eigenvalue weighted by molar-refractivity contribution is -0.135. The van der Waals surface area contributed by atoms with E-state index in [2.05, 4.69) is 41.4 Å². The van der Waals surface area contributed by atoms with Crippen LogP contribution >= 0.6 is 0 Å². The number of hydrogen-bond acceptors (Lipinski definition) is 6. The average molecular weight is 440 g/mol. The molecular weight excluding hydrogens is 406 g/mol. The van der Waals surface area contributed by atoms with E-state index in [1.165, 1.54) is 11.3 Å². The number of aryl methyl sites for hydroxylation is 1. The summed E-state index contributed by atoms with van der Waals surface area (Å²) in [6.45, 7) is 6.75. The third-order valence-corrected chi connectivity index (χ3v) is 6.69. The van der Waals surface area contributed by atoms with Crippen molar-refractivity contribution in [1.82, 2.24) is 10.2 Å². The fourth-order valence-electron chi connectivity index (χ4n) is 4.92. The molecule has 4 rings (SSSR count). The van der Waals surface area contributed by atoms with Crippen LogP contribution in [0, 0.1) is 12.8 Å². The molecule has 2 saturated heterocycles. The highest BCUT2D eigenvalue weighted by molar-refractivity contribution is 5.81. The summed E-state index contributed by atoms with van der Waals surface area (Å²) in [5.74, 6) is 1.98.